The molecule has 0 unspecified atom stereocenters. The van der Waals surface area contributed by atoms with Crippen molar-refractivity contribution in [2.24, 2.45) is 0 Å². The minimum Gasteiger partial charge on any atom is -0.481 e. The molecule has 0 bridgehead atoms. The van der Waals surface area contributed by atoms with Crippen molar-refractivity contribution >= 4 is 5.97 Å². The van der Waals surface area contributed by atoms with E-state index < -0.39 is 5.97 Å². The zero-order chi connectivity index (χ0) is 12.3. The molecule has 0 radical (unpaired) electrons. The van der Waals surface area contributed by atoms with E-state index in [1.165, 1.54) is 0 Å². The summed E-state index contributed by atoms with van der Waals surface area (Å²) in [5.74, 6) is -0.611. The monoisotopic (exact) mass is 229 g/mol. The van der Waals surface area contributed by atoms with Crippen LogP contribution in [0, 0.1) is 6.92 Å². The lowest BCUT2D eigenvalue weighted by molar-refractivity contribution is -0.136. The molecule has 0 aliphatic heterocycles. The van der Waals surface area contributed by atoms with Gasteiger partial charge in [0.1, 0.15) is 12.2 Å². The highest BCUT2D eigenvalue weighted by molar-refractivity contribution is 5.69. The van der Waals surface area contributed by atoms with Crippen molar-refractivity contribution in [3.05, 3.63) is 42.1 Å². The van der Waals surface area contributed by atoms with Crippen LogP contribution in [0.15, 0.2) is 30.6 Å². The Morgan fingerprint density at radius 3 is 2.65 bits per heavy atom. The van der Waals surface area contributed by atoms with Crippen LogP contribution in [0.5, 0.6) is 0 Å². The van der Waals surface area contributed by atoms with Crippen molar-refractivity contribution in [3.8, 4) is 11.3 Å². The topological polar surface area (TPSA) is 76.0 Å². The summed E-state index contributed by atoms with van der Waals surface area (Å²) in [5.41, 5.74) is 2.37. The number of aliphatic carboxylic acids is 1. The summed E-state index contributed by atoms with van der Waals surface area (Å²) in [6.45, 7) is 1.82. The van der Waals surface area contributed by atoms with Gasteiger partial charge in [0.05, 0.1) is 5.69 Å². The van der Waals surface area contributed by atoms with Gasteiger partial charge in [-0.1, -0.05) is 0 Å². The molecule has 2 aromatic rings. The lowest BCUT2D eigenvalue weighted by Gasteiger charge is -2.04. The molecule has 0 saturated carbocycles. The first-order valence-corrected chi connectivity index (χ1v) is 5.12. The van der Waals surface area contributed by atoms with Crippen molar-refractivity contribution in [1.29, 1.82) is 0 Å². The number of carboxylic acid groups (broad SMARTS) is 1. The Balaban J connectivity index is 2.42. The molecule has 0 atom stereocenters. The Morgan fingerprint density at radius 2 is 2.00 bits per heavy atom. The second-order valence-corrected chi connectivity index (χ2v) is 3.62. The molecule has 2 aromatic heterocycles. The van der Waals surface area contributed by atoms with Crippen LogP contribution in [-0.2, 0) is 11.2 Å². The van der Waals surface area contributed by atoms with Gasteiger partial charge in [-0.05, 0) is 25.1 Å². The highest BCUT2D eigenvalue weighted by Crippen LogP contribution is 2.16. The van der Waals surface area contributed by atoms with Crippen molar-refractivity contribution in [2.45, 2.75) is 13.3 Å². The Labute approximate surface area is 98.2 Å². The van der Waals surface area contributed by atoms with Crippen LogP contribution in [0.4, 0.5) is 0 Å². The van der Waals surface area contributed by atoms with Crippen molar-refractivity contribution < 1.29 is 9.90 Å². The summed E-state index contributed by atoms with van der Waals surface area (Å²) < 4.78 is 0. The molecule has 86 valence electrons. The third-order valence-electron chi connectivity index (χ3n) is 2.19. The Morgan fingerprint density at radius 1 is 1.29 bits per heavy atom. The standard InChI is InChI=1S/C12H11N3O2/c1-8-6-10(9-2-4-13-5-3-9)15-11(14-8)7-12(16)17/h2-6H,7H2,1H3,(H,16,17). The number of aromatic nitrogens is 3. The van der Waals surface area contributed by atoms with Crippen LogP contribution in [-0.4, -0.2) is 26.0 Å². The molecule has 0 fully saturated rings. The molecule has 1 N–H and O–H groups in total. The molecule has 2 rings (SSSR count). The van der Waals surface area contributed by atoms with Crippen LogP contribution in [0.2, 0.25) is 0 Å². The van der Waals surface area contributed by atoms with E-state index in [0.717, 1.165) is 17.0 Å². The van der Waals surface area contributed by atoms with E-state index in [4.69, 9.17) is 5.11 Å². The Bertz CT molecular complexity index is 541. The lowest BCUT2D eigenvalue weighted by Crippen LogP contribution is -2.06. The van der Waals surface area contributed by atoms with E-state index >= 15 is 0 Å². The van der Waals surface area contributed by atoms with Gasteiger partial charge in [0.15, 0.2) is 0 Å². The van der Waals surface area contributed by atoms with Gasteiger partial charge in [-0.25, -0.2) is 9.97 Å². The lowest BCUT2D eigenvalue weighted by atomic mass is 10.1. The molecular weight excluding hydrogens is 218 g/mol. The maximum atomic E-state index is 10.6. The number of hydrogen-bond acceptors (Lipinski definition) is 4. The molecular formula is C12H11N3O2. The summed E-state index contributed by atoms with van der Waals surface area (Å²) >= 11 is 0. The maximum absolute atomic E-state index is 10.6. The van der Waals surface area contributed by atoms with Gasteiger partial charge in [-0.2, -0.15) is 0 Å². The van der Waals surface area contributed by atoms with E-state index in [1.54, 1.807) is 12.4 Å². The predicted octanol–water partition coefficient (Wildman–Crippen LogP) is 1.47. The van der Waals surface area contributed by atoms with Gasteiger partial charge in [-0.15, -0.1) is 0 Å². The first kappa shape index (κ1) is 11.2. The summed E-state index contributed by atoms with van der Waals surface area (Å²) in [4.78, 5) is 22.9. The fourth-order valence-electron chi connectivity index (χ4n) is 1.51. The molecule has 17 heavy (non-hydrogen) atoms. The SMILES string of the molecule is Cc1cc(-c2ccncc2)nc(CC(=O)O)n1. The third-order valence-corrected chi connectivity index (χ3v) is 2.19. The average Bonchev–Trinajstić information content (AvgIpc) is 2.28. The van der Waals surface area contributed by atoms with Crippen molar-refractivity contribution in [3.63, 3.8) is 0 Å². The van der Waals surface area contributed by atoms with Crippen LogP contribution in [0.25, 0.3) is 11.3 Å². The summed E-state index contributed by atoms with van der Waals surface area (Å²) in [7, 11) is 0. The molecule has 0 aliphatic carbocycles. The predicted molar refractivity (Wildman–Crippen MR) is 61.3 cm³/mol. The first-order chi connectivity index (χ1) is 8.15. The normalized spacial score (nSPS) is 10.2. The first-order valence-electron chi connectivity index (χ1n) is 5.12. The van der Waals surface area contributed by atoms with Gasteiger partial charge >= 0.3 is 5.97 Å². The molecule has 0 aromatic carbocycles. The highest BCUT2D eigenvalue weighted by atomic mass is 16.4. The van der Waals surface area contributed by atoms with Crippen LogP contribution in [0.1, 0.15) is 11.5 Å². The number of hydrogen-bond donors (Lipinski definition) is 1. The van der Waals surface area contributed by atoms with E-state index in [1.807, 2.05) is 25.1 Å². The maximum Gasteiger partial charge on any atom is 0.311 e. The number of aryl methyl sites for hydroxylation is 1. The molecule has 5 nitrogen and oxygen atoms in total. The van der Waals surface area contributed by atoms with Crippen LogP contribution >= 0.6 is 0 Å². The van der Waals surface area contributed by atoms with Gasteiger partial charge in [0, 0.05) is 23.7 Å². The number of nitrogens with zero attached hydrogens (tertiary/aromatic N) is 3. The number of rotatable bonds is 3. The van der Waals surface area contributed by atoms with E-state index in [0.29, 0.717) is 5.82 Å². The molecule has 5 heteroatoms. The zero-order valence-corrected chi connectivity index (χ0v) is 9.29. The minimum atomic E-state index is -0.934. The zero-order valence-electron chi connectivity index (χ0n) is 9.29. The quantitative estimate of drug-likeness (QED) is 0.862. The van der Waals surface area contributed by atoms with Crippen LogP contribution < -0.4 is 0 Å². The molecule has 0 spiro atoms. The van der Waals surface area contributed by atoms with Gasteiger partial charge < -0.3 is 5.11 Å². The second kappa shape index (κ2) is 4.69. The third kappa shape index (κ3) is 2.84. The fraction of sp³-hybridized carbons (Fsp3) is 0.167. The molecule has 0 amide bonds. The van der Waals surface area contributed by atoms with Crippen molar-refractivity contribution in [2.75, 3.05) is 0 Å². The largest absolute Gasteiger partial charge is 0.481 e. The minimum absolute atomic E-state index is 0.167. The molecule has 0 aliphatic rings. The molecule has 0 saturated heterocycles. The average molecular weight is 229 g/mol. The second-order valence-electron chi connectivity index (χ2n) is 3.62. The van der Waals surface area contributed by atoms with Crippen molar-refractivity contribution in [1.82, 2.24) is 15.0 Å². The van der Waals surface area contributed by atoms with Gasteiger partial charge in [0.2, 0.25) is 0 Å². The molecule has 2 heterocycles. The van der Waals surface area contributed by atoms with E-state index in [9.17, 15) is 4.79 Å². The van der Waals surface area contributed by atoms with E-state index in [-0.39, 0.29) is 6.42 Å². The van der Waals surface area contributed by atoms with Gasteiger partial charge in [-0.3, -0.25) is 9.78 Å². The fourth-order valence-corrected chi connectivity index (χ4v) is 1.51. The van der Waals surface area contributed by atoms with Crippen LogP contribution in [0.3, 0.4) is 0 Å². The summed E-state index contributed by atoms with van der Waals surface area (Å²) in [6.07, 6.45) is 3.17. The Kier molecular flexibility index (Phi) is 3.09. The highest BCUT2D eigenvalue weighted by Gasteiger charge is 2.07. The number of carboxylic acids is 1. The number of pyridine rings is 1. The smallest absolute Gasteiger partial charge is 0.311 e. The summed E-state index contributed by atoms with van der Waals surface area (Å²) in [5, 5.41) is 8.73. The Hall–Kier alpha value is -2.30. The summed E-state index contributed by atoms with van der Waals surface area (Å²) in [6, 6.07) is 5.47. The van der Waals surface area contributed by atoms with E-state index in [2.05, 4.69) is 15.0 Å². The van der Waals surface area contributed by atoms with Gasteiger partial charge in [0.25, 0.3) is 0 Å². The number of carbonyl (C=O) groups is 1.